The van der Waals surface area contributed by atoms with Gasteiger partial charge in [0.05, 0.1) is 19.3 Å². The fourth-order valence-corrected chi connectivity index (χ4v) is 5.16. The summed E-state index contributed by atoms with van der Waals surface area (Å²) in [6.07, 6.45) is 0.502. The summed E-state index contributed by atoms with van der Waals surface area (Å²) in [5.41, 5.74) is 6.03. The second-order valence-corrected chi connectivity index (χ2v) is 11.6. The largest absolute Gasteiger partial charge is 0.480 e. The average molecular weight is 598 g/mol. The standard InChI is InChI=1S/C33H35N5O6/c1-33(2,3)44-31(41)34-17-23-19-38(37-36-23)18-22-14-12-21(13-15-22)16-29(30(39)40)35-32(42)43-20-28-26-10-6-4-8-24(26)25-9-5-7-11-27(25)28/h4-15,19,28-29H,16-18,20H2,1-3H3,(H,34,41)(H,35,42)(H,39,40)/t29-/m0/s1. The van der Waals surface area contributed by atoms with E-state index in [-0.39, 0.29) is 25.5 Å². The van der Waals surface area contributed by atoms with Crippen LogP contribution in [-0.2, 0) is 33.8 Å². The first kappa shape index (κ1) is 30.3. The number of ether oxygens (including phenoxy) is 2. The van der Waals surface area contributed by atoms with Crippen LogP contribution in [0, 0.1) is 0 Å². The number of nitrogens with zero attached hydrogens (tertiary/aromatic N) is 3. The van der Waals surface area contributed by atoms with Gasteiger partial charge in [-0.3, -0.25) is 0 Å². The number of hydrogen-bond acceptors (Lipinski definition) is 7. The molecule has 1 aliphatic carbocycles. The minimum absolute atomic E-state index is 0.0869. The van der Waals surface area contributed by atoms with Gasteiger partial charge in [-0.1, -0.05) is 78.0 Å². The van der Waals surface area contributed by atoms with Crippen LogP contribution in [-0.4, -0.2) is 56.5 Å². The van der Waals surface area contributed by atoms with E-state index in [1.807, 2.05) is 60.7 Å². The van der Waals surface area contributed by atoms with Gasteiger partial charge in [0.25, 0.3) is 0 Å². The number of nitrogens with one attached hydrogen (secondary N) is 2. The van der Waals surface area contributed by atoms with Crippen LogP contribution >= 0.6 is 0 Å². The van der Waals surface area contributed by atoms with Crippen molar-refractivity contribution < 1.29 is 29.0 Å². The number of carboxylic acids is 1. The maximum atomic E-state index is 12.7. The molecule has 1 aromatic heterocycles. The summed E-state index contributed by atoms with van der Waals surface area (Å²) in [5.74, 6) is -1.27. The van der Waals surface area contributed by atoms with Crippen LogP contribution in [0.3, 0.4) is 0 Å². The lowest BCUT2D eigenvalue weighted by atomic mass is 9.98. The number of fused-ring (bicyclic) bond motifs is 3. The number of benzene rings is 3. The zero-order valence-corrected chi connectivity index (χ0v) is 24.8. The molecule has 3 N–H and O–H groups in total. The van der Waals surface area contributed by atoms with E-state index in [9.17, 15) is 19.5 Å². The summed E-state index contributed by atoms with van der Waals surface area (Å²) in [5, 5.41) is 23.1. The van der Waals surface area contributed by atoms with E-state index >= 15 is 0 Å². The second kappa shape index (κ2) is 13.0. The highest BCUT2D eigenvalue weighted by molar-refractivity contribution is 5.81. The molecule has 2 amide bonds. The van der Waals surface area contributed by atoms with Gasteiger partial charge in [0.2, 0.25) is 0 Å². The number of rotatable bonds is 10. The molecule has 11 nitrogen and oxygen atoms in total. The topological polar surface area (TPSA) is 145 Å². The van der Waals surface area contributed by atoms with E-state index in [4.69, 9.17) is 9.47 Å². The Hall–Kier alpha value is -5.19. The Labute approximate surface area is 255 Å². The predicted molar refractivity (Wildman–Crippen MR) is 162 cm³/mol. The zero-order chi connectivity index (χ0) is 31.3. The maximum Gasteiger partial charge on any atom is 0.407 e. The van der Waals surface area contributed by atoms with Gasteiger partial charge in [-0.2, -0.15) is 0 Å². The Kier molecular flexibility index (Phi) is 8.94. The van der Waals surface area contributed by atoms with Gasteiger partial charge >= 0.3 is 18.2 Å². The van der Waals surface area contributed by atoms with Crippen LogP contribution in [0.25, 0.3) is 11.1 Å². The van der Waals surface area contributed by atoms with Crippen LogP contribution in [0.4, 0.5) is 9.59 Å². The van der Waals surface area contributed by atoms with E-state index in [0.29, 0.717) is 12.2 Å². The van der Waals surface area contributed by atoms with Gasteiger partial charge in [0.1, 0.15) is 23.9 Å². The summed E-state index contributed by atoms with van der Waals surface area (Å²) < 4.78 is 12.4. The van der Waals surface area contributed by atoms with E-state index in [1.54, 1.807) is 31.6 Å². The summed E-state index contributed by atoms with van der Waals surface area (Å²) in [6, 6.07) is 22.2. The van der Waals surface area contributed by atoms with Crippen LogP contribution in [0.2, 0.25) is 0 Å². The summed E-state index contributed by atoms with van der Waals surface area (Å²) in [7, 11) is 0. The van der Waals surface area contributed by atoms with Crippen LogP contribution in [0.5, 0.6) is 0 Å². The van der Waals surface area contributed by atoms with Crippen molar-refractivity contribution in [3.05, 3.63) is 107 Å². The normalized spacial score (nSPS) is 13.0. The maximum absolute atomic E-state index is 12.7. The van der Waals surface area contributed by atoms with Gasteiger partial charge < -0.3 is 25.2 Å². The number of aromatic nitrogens is 3. The Balaban J connectivity index is 1.12. The number of amides is 2. The highest BCUT2D eigenvalue weighted by Gasteiger charge is 2.30. The molecule has 3 aromatic carbocycles. The van der Waals surface area contributed by atoms with Crippen molar-refractivity contribution in [1.82, 2.24) is 25.6 Å². The van der Waals surface area contributed by atoms with Gasteiger partial charge in [-0.05, 0) is 54.2 Å². The van der Waals surface area contributed by atoms with Crippen molar-refractivity contribution >= 4 is 18.2 Å². The van der Waals surface area contributed by atoms with E-state index < -0.39 is 29.8 Å². The highest BCUT2D eigenvalue weighted by atomic mass is 16.6. The van der Waals surface area contributed by atoms with Crippen molar-refractivity contribution in [3.8, 4) is 11.1 Å². The molecule has 0 bridgehead atoms. The fourth-order valence-electron chi connectivity index (χ4n) is 5.16. The van der Waals surface area contributed by atoms with Gasteiger partial charge in [0.15, 0.2) is 0 Å². The molecule has 0 saturated carbocycles. The van der Waals surface area contributed by atoms with Gasteiger partial charge in [-0.15, -0.1) is 5.10 Å². The molecule has 0 saturated heterocycles. The average Bonchev–Trinajstić information content (AvgIpc) is 3.56. The van der Waals surface area contributed by atoms with Crippen molar-refractivity contribution in [2.24, 2.45) is 0 Å². The monoisotopic (exact) mass is 597 g/mol. The number of hydrogen-bond donors (Lipinski definition) is 3. The number of aliphatic carboxylic acids is 1. The third-order valence-corrected chi connectivity index (χ3v) is 7.14. The molecule has 44 heavy (non-hydrogen) atoms. The molecular weight excluding hydrogens is 562 g/mol. The Morgan fingerprint density at radius 1 is 0.909 bits per heavy atom. The van der Waals surface area contributed by atoms with Crippen molar-refractivity contribution in [2.75, 3.05) is 6.61 Å². The summed E-state index contributed by atoms with van der Waals surface area (Å²) in [6.45, 7) is 6.08. The molecular formula is C33H35N5O6. The first-order valence-electron chi connectivity index (χ1n) is 14.3. The lowest BCUT2D eigenvalue weighted by Gasteiger charge is -2.19. The third kappa shape index (κ3) is 7.60. The molecule has 0 radical (unpaired) electrons. The zero-order valence-electron chi connectivity index (χ0n) is 24.8. The number of alkyl carbamates (subject to hydrolysis) is 2. The summed E-state index contributed by atoms with van der Waals surface area (Å²) >= 11 is 0. The number of carboxylic acid groups (broad SMARTS) is 1. The molecule has 0 aliphatic heterocycles. The van der Waals surface area contributed by atoms with Crippen molar-refractivity contribution in [2.45, 2.75) is 57.8 Å². The third-order valence-electron chi connectivity index (χ3n) is 7.14. The summed E-state index contributed by atoms with van der Waals surface area (Å²) in [4.78, 5) is 36.5. The van der Waals surface area contributed by atoms with Crippen molar-refractivity contribution in [1.29, 1.82) is 0 Å². The first-order valence-corrected chi connectivity index (χ1v) is 14.3. The number of carbonyl (C=O) groups is 3. The van der Waals surface area contributed by atoms with Crippen LogP contribution < -0.4 is 10.6 Å². The Morgan fingerprint density at radius 2 is 1.52 bits per heavy atom. The first-order chi connectivity index (χ1) is 21.1. The second-order valence-electron chi connectivity index (χ2n) is 11.6. The molecule has 11 heteroatoms. The smallest absolute Gasteiger partial charge is 0.407 e. The SMILES string of the molecule is CC(C)(C)OC(=O)NCc1cn(Cc2ccc(C[C@H](NC(=O)OCC3c4ccccc4-c4ccccc43)C(=O)O)cc2)nn1. The fraction of sp³-hybridized carbons (Fsp3) is 0.303. The molecule has 228 valence electrons. The molecule has 0 fully saturated rings. The van der Waals surface area contributed by atoms with Gasteiger partial charge in [0, 0.05) is 12.3 Å². The minimum atomic E-state index is -1.16. The molecule has 1 heterocycles. The molecule has 1 aliphatic rings. The molecule has 1 atom stereocenters. The van der Waals surface area contributed by atoms with Crippen LogP contribution in [0.15, 0.2) is 79.0 Å². The molecule has 5 rings (SSSR count). The minimum Gasteiger partial charge on any atom is -0.480 e. The number of carbonyl (C=O) groups excluding carboxylic acids is 2. The molecule has 4 aromatic rings. The Bertz CT molecular complexity index is 1600. The van der Waals surface area contributed by atoms with E-state index in [2.05, 4.69) is 33.1 Å². The van der Waals surface area contributed by atoms with Crippen molar-refractivity contribution in [3.63, 3.8) is 0 Å². The van der Waals surface area contributed by atoms with Gasteiger partial charge in [-0.25, -0.2) is 19.1 Å². The van der Waals surface area contributed by atoms with Crippen LogP contribution in [0.1, 0.15) is 54.6 Å². The Morgan fingerprint density at radius 3 is 2.14 bits per heavy atom. The molecule has 0 spiro atoms. The molecule has 0 unspecified atom stereocenters. The quantitative estimate of drug-likeness (QED) is 0.235. The van der Waals surface area contributed by atoms with E-state index in [1.165, 1.54) is 0 Å². The van der Waals surface area contributed by atoms with E-state index in [0.717, 1.165) is 33.4 Å². The lowest BCUT2D eigenvalue weighted by Crippen LogP contribution is -2.42. The highest BCUT2D eigenvalue weighted by Crippen LogP contribution is 2.44. The lowest BCUT2D eigenvalue weighted by molar-refractivity contribution is -0.139. The predicted octanol–water partition coefficient (Wildman–Crippen LogP) is 4.89.